The molecule has 1 aliphatic heterocycles. The van der Waals surface area contributed by atoms with Crippen LogP contribution >= 0.6 is 45.2 Å². The highest BCUT2D eigenvalue weighted by molar-refractivity contribution is 14.1. The van der Waals surface area contributed by atoms with Crippen LogP contribution in [-0.2, 0) is 14.3 Å². The van der Waals surface area contributed by atoms with Crippen LogP contribution in [0.5, 0.6) is 0 Å². The number of rotatable bonds is 5. The quantitative estimate of drug-likeness (QED) is 0.416. The van der Waals surface area contributed by atoms with Crippen molar-refractivity contribution in [2.24, 2.45) is 0 Å². The van der Waals surface area contributed by atoms with E-state index in [1.165, 1.54) is 12.0 Å². The summed E-state index contributed by atoms with van der Waals surface area (Å²) in [6, 6.07) is 3.87. The third-order valence-electron chi connectivity index (χ3n) is 3.79. The maximum Gasteiger partial charge on any atom is 0.337 e. The molecule has 9 heteroatoms. The molecular weight excluding hydrogens is 552 g/mol. The number of hydrogen-bond donors (Lipinski definition) is 2. The van der Waals surface area contributed by atoms with E-state index in [0.717, 1.165) is 12.7 Å². The normalized spacial score (nSPS) is 13.9. The molecule has 1 amide bonds. The van der Waals surface area contributed by atoms with E-state index in [9.17, 15) is 14.9 Å². The van der Waals surface area contributed by atoms with Crippen molar-refractivity contribution in [2.45, 2.75) is 6.92 Å². The molecular formula is C16H15I2N3O4. The SMILES string of the molecule is COC(=O)C1=C(Nc2c(I)cc(C#N)c(C)c2I)C(=O)N(CCO)C1. The molecule has 0 aliphatic carbocycles. The van der Waals surface area contributed by atoms with Crippen molar-refractivity contribution in [3.8, 4) is 6.07 Å². The molecule has 0 spiro atoms. The smallest absolute Gasteiger partial charge is 0.337 e. The number of aliphatic hydroxyl groups is 1. The van der Waals surface area contributed by atoms with Crippen molar-refractivity contribution in [1.29, 1.82) is 5.26 Å². The van der Waals surface area contributed by atoms with Crippen molar-refractivity contribution in [3.05, 3.63) is 35.6 Å². The van der Waals surface area contributed by atoms with Crippen LogP contribution in [0.25, 0.3) is 0 Å². The van der Waals surface area contributed by atoms with Gasteiger partial charge in [-0.2, -0.15) is 5.26 Å². The number of nitrogens with zero attached hydrogens (tertiary/aromatic N) is 2. The summed E-state index contributed by atoms with van der Waals surface area (Å²) < 4.78 is 6.33. The molecule has 0 bridgehead atoms. The number of methoxy groups -OCH3 is 1. The molecule has 1 heterocycles. The Morgan fingerprint density at radius 3 is 2.76 bits per heavy atom. The second-order valence-electron chi connectivity index (χ2n) is 5.25. The first kappa shape index (κ1) is 19.9. The second-order valence-corrected chi connectivity index (χ2v) is 7.49. The lowest BCUT2D eigenvalue weighted by Crippen LogP contribution is -2.31. The van der Waals surface area contributed by atoms with E-state index in [-0.39, 0.29) is 36.9 Å². The molecule has 0 radical (unpaired) electrons. The van der Waals surface area contributed by atoms with Crippen LogP contribution in [0.1, 0.15) is 11.1 Å². The van der Waals surface area contributed by atoms with Gasteiger partial charge in [0.1, 0.15) is 5.70 Å². The zero-order valence-corrected chi connectivity index (χ0v) is 17.8. The topological polar surface area (TPSA) is 103 Å². The number of anilines is 1. The number of halogens is 2. The molecule has 0 fully saturated rings. The van der Waals surface area contributed by atoms with Gasteiger partial charge in [0.05, 0.1) is 43.2 Å². The van der Waals surface area contributed by atoms with Gasteiger partial charge in [-0.15, -0.1) is 0 Å². The molecule has 0 unspecified atom stereocenters. The molecule has 0 aromatic heterocycles. The van der Waals surface area contributed by atoms with E-state index < -0.39 is 5.97 Å². The predicted octanol–water partition coefficient (Wildman–Crippen LogP) is 1.75. The van der Waals surface area contributed by atoms with Crippen LogP contribution in [-0.4, -0.2) is 48.7 Å². The van der Waals surface area contributed by atoms with Gasteiger partial charge in [-0.25, -0.2) is 4.79 Å². The van der Waals surface area contributed by atoms with Gasteiger partial charge in [-0.05, 0) is 63.7 Å². The Morgan fingerprint density at radius 2 is 2.20 bits per heavy atom. The monoisotopic (exact) mass is 567 g/mol. The standard InChI is InChI=1S/C16H15I2N3O4/c1-8-9(6-19)5-11(17)14(12(8)18)20-13-10(16(24)25-2)7-21(3-4-22)15(13)23/h5,20,22H,3-4,7H2,1-2H3. The first-order valence-corrected chi connectivity index (χ1v) is 9.38. The van der Waals surface area contributed by atoms with Crippen LogP contribution in [0.2, 0.25) is 0 Å². The van der Waals surface area contributed by atoms with E-state index in [0.29, 0.717) is 11.3 Å². The summed E-state index contributed by atoms with van der Waals surface area (Å²) in [6.07, 6.45) is 0. The number of carbonyl (C=O) groups is 2. The molecule has 132 valence electrons. The van der Waals surface area contributed by atoms with Gasteiger partial charge >= 0.3 is 5.97 Å². The van der Waals surface area contributed by atoms with Gasteiger partial charge in [0.15, 0.2) is 0 Å². The molecule has 2 rings (SSSR count). The Bertz CT molecular complexity index is 815. The zero-order valence-electron chi connectivity index (χ0n) is 13.5. The summed E-state index contributed by atoms with van der Waals surface area (Å²) in [5, 5.41) is 21.4. The average molecular weight is 567 g/mol. The lowest BCUT2D eigenvalue weighted by atomic mass is 10.1. The van der Waals surface area contributed by atoms with E-state index in [1.54, 1.807) is 6.07 Å². The third kappa shape index (κ3) is 3.90. The fraction of sp³-hybridized carbons (Fsp3) is 0.312. The molecule has 0 atom stereocenters. The van der Waals surface area contributed by atoms with Crippen molar-refractivity contribution in [1.82, 2.24) is 4.90 Å². The maximum absolute atomic E-state index is 12.6. The highest BCUT2D eigenvalue weighted by atomic mass is 127. The van der Waals surface area contributed by atoms with Crippen LogP contribution in [0.4, 0.5) is 5.69 Å². The number of esters is 1. The van der Waals surface area contributed by atoms with Crippen LogP contribution in [0.15, 0.2) is 17.3 Å². The number of hydrogen-bond acceptors (Lipinski definition) is 6. The highest BCUT2D eigenvalue weighted by Gasteiger charge is 2.35. The van der Waals surface area contributed by atoms with Crippen molar-refractivity contribution < 1.29 is 19.4 Å². The molecule has 1 aromatic rings. The molecule has 25 heavy (non-hydrogen) atoms. The molecule has 0 saturated carbocycles. The fourth-order valence-corrected chi connectivity index (χ4v) is 4.37. The van der Waals surface area contributed by atoms with Gasteiger partial charge in [-0.1, -0.05) is 0 Å². The number of aliphatic hydroxyl groups excluding tert-OH is 1. The largest absolute Gasteiger partial charge is 0.466 e. The Balaban J connectivity index is 2.49. The number of ether oxygens (including phenoxy) is 1. The van der Waals surface area contributed by atoms with Crippen molar-refractivity contribution >= 4 is 62.7 Å². The Kier molecular flexibility index (Phi) is 6.64. The lowest BCUT2D eigenvalue weighted by molar-refractivity contribution is -0.136. The number of benzene rings is 1. The molecule has 1 aromatic carbocycles. The van der Waals surface area contributed by atoms with Gasteiger partial charge in [0.25, 0.3) is 5.91 Å². The van der Waals surface area contributed by atoms with E-state index >= 15 is 0 Å². The predicted molar refractivity (Wildman–Crippen MR) is 108 cm³/mol. The average Bonchev–Trinajstić information content (AvgIpc) is 2.90. The summed E-state index contributed by atoms with van der Waals surface area (Å²) in [5.74, 6) is -0.963. The summed E-state index contributed by atoms with van der Waals surface area (Å²) in [6.45, 7) is 1.84. The number of β-amino-alcohol motifs (C(OH)–C–C–N with tert-alkyl or cyclic N) is 1. The molecule has 7 nitrogen and oxygen atoms in total. The minimum atomic E-state index is -0.591. The minimum absolute atomic E-state index is 0.0802. The third-order valence-corrected chi connectivity index (χ3v) is 5.99. The zero-order chi connectivity index (χ0) is 18.7. The van der Waals surface area contributed by atoms with E-state index in [2.05, 4.69) is 56.6 Å². The van der Waals surface area contributed by atoms with Crippen molar-refractivity contribution in [3.63, 3.8) is 0 Å². The van der Waals surface area contributed by atoms with Gasteiger partial charge in [0.2, 0.25) is 0 Å². The number of carbonyl (C=O) groups excluding carboxylic acids is 2. The Morgan fingerprint density at radius 1 is 1.52 bits per heavy atom. The fourth-order valence-electron chi connectivity index (χ4n) is 2.42. The summed E-state index contributed by atoms with van der Waals surface area (Å²) >= 11 is 4.19. The maximum atomic E-state index is 12.6. The second kappa shape index (κ2) is 8.33. The van der Waals surface area contributed by atoms with E-state index in [1.807, 2.05) is 6.92 Å². The minimum Gasteiger partial charge on any atom is -0.466 e. The number of amides is 1. The number of nitriles is 1. The van der Waals surface area contributed by atoms with Gasteiger partial charge in [-0.3, -0.25) is 4.79 Å². The van der Waals surface area contributed by atoms with Gasteiger partial charge < -0.3 is 20.1 Å². The summed E-state index contributed by atoms with van der Waals surface area (Å²) in [4.78, 5) is 26.0. The van der Waals surface area contributed by atoms with Gasteiger partial charge in [0, 0.05) is 13.7 Å². The first-order chi connectivity index (χ1) is 11.8. The first-order valence-electron chi connectivity index (χ1n) is 7.23. The molecule has 0 saturated heterocycles. The van der Waals surface area contributed by atoms with Crippen LogP contribution < -0.4 is 5.32 Å². The van der Waals surface area contributed by atoms with Crippen LogP contribution in [0, 0.1) is 25.4 Å². The summed E-state index contributed by atoms with van der Waals surface area (Å²) in [7, 11) is 1.26. The Hall–Kier alpha value is -1.39. The van der Waals surface area contributed by atoms with E-state index in [4.69, 9.17) is 9.84 Å². The van der Waals surface area contributed by atoms with Crippen molar-refractivity contribution in [2.75, 3.05) is 32.1 Å². The number of nitrogens with one attached hydrogen (secondary N) is 1. The lowest BCUT2D eigenvalue weighted by Gasteiger charge is -2.17. The Labute approximate surface area is 172 Å². The summed E-state index contributed by atoms with van der Waals surface area (Å²) in [5.41, 5.74) is 2.37. The highest BCUT2D eigenvalue weighted by Crippen LogP contribution is 2.33. The molecule has 2 N–H and O–H groups in total. The van der Waals surface area contributed by atoms with Crippen LogP contribution in [0.3, 0.4) is 0 Å². The molecule has 1 aliphatic rings.